The van der Waals surface area contributed by atoms with Gasteiger partial charge in [-0.05, 0) is 48.4 Å². The third-order valence-electron chi connectivity index (χ3n) is 4.97. The minimum absolute atomic E-state index is 0.191. The molecule has 1 aromatic carbocycles. The molecule has 0 radical (unpaired) electrons. The van der Waals surface area contributed by atoms with Gasteiger partial charge in [0.05, 0.1) is 0 Å². The molecule has 3 rings (SSSR count). The molecule has 7 nitrogen and oxygen atoms in total. The van der Waals surface area contributed by atoms with Crippen LogP contribution in [0, 0.1) is 0 Å². The molecule has 0 bridgehead atoms. The second kappa shape index (κ2) is 10.4. The molecule has 10 heteroatoms. The van der Waals surface area contributed by atoms with E-state index in [9.17, 15) is 18.0 Å². The van der Waals surface area contributed by atoms with E-state index in [-0.39, 0.29) is 19.1 Å². The minimum Gasteiger partial charge on any atom is -0.348 e. The topological polar surface area (TPSA) is 95.6 Å². The highest BCUT2D eigenvalue weighted by Crippen LogP contribution is 2.29. The zero-order chi connectivity index (χ0) is 21.6. The summed E-state index contributed by atoms with van der Waals surface area (Å²) in [6.07, 6.45) is 2.96. The Morgan fingerprint density at radius 1 is 1.10 bits per heavy atom. The van der Waals surface area contributed by atoms with E-state index in [1.165, 1.54) is 15.6 Å². The van der Waals surface area contributed by atoms with Gasteiger partial charge in [0.15, 0.2) is 0 Å². The van der Waals surface area contributed by atoms with Crippen LogP contribution in [0.15, 0.2) is 46.0 Å². The molecule has 0 aliphatic carbocycles. The Morgan fingerprint density at radius 3 is 2.53 bits per heavy atom. The standard InChI is InChI=1S/C20H24ClN3O4S2/c21-16-8-6-15(7-9-16)14-23-20(26)19(25)22-11-10-17-4-1-2-12-24(17)30(27,28)18-5-3-13-29-18/h3,5-9,13,17H,1-2,4,10-12,14H2,(H,22,25)(H,23,26)/t17-/m0/s1. The van der Waals surface area contributed by atoms with Crippen LogP contribution in [0.2, 0.25) is 5.02 Å². The average Bonchev–Trinajstić information content (AvgIpc) is 3.29. The lowest BCUT2D eigenvalue weighted by Gasteiger charge is -2.34. The molecule has 0 saturated carbocycles. The van der Waals surface area contributed by atoms with Gasteiger partial charge in [-0.3, -0.25) is 9.59 Å². The van der Waals surface area contributed by atoms with Gasteiger partial charge in [-0.1, -0.05) is 36.2 Å². The van der Waals surface area contributed by atoms with Crippen molar-refractivity contribution in [2.75, 3.05) is 13.1 Å². The molecular weight excluding hydrogens is 446 g/mol. The summed E-state index contributed by atoms with van der Waals surface area (Å²) in [7, 11) is -3.53. The molecule has 1 aromatic heterocycles. The number of benzene rings is 1. The van der Waals surface area contributed by atoms with Gasteiger partial charge in [0.2, 0.25) is 0 Å². The zero-order valence-corrected chi connectivity index (χ0v) is 18.7. The summed E-state index contributed by atoms with van der Waals surface area (Å²) in [5.74, 6) is -1.45. The van der Waals surface area contributed by atoms with Crippen molar-refractivity contribution in [1.82, 2.24) is 14.9 Å². The van der Waals surface area contributed by atoms with Crippen LogP contribution in [0.25, 0.3) is 0 Å². The summed E-state index contributed by atoms with van der Waals surface area (Å²) in [4.78, 5) is 24.0. The fourth-order valence-electron chi connectivity index (χ4n) is 3.40. The molecule has 2 N–H and O–H groups in total. The number of thiophene rings is 1. The van der Waals surface area contributed by atoms with E-state index >= 15 is 0 Å². The van der Waals surface area contributed by atoms with Gasteiger partial charge in [-0.15, -0.1) is 11.3 Å². The summed E-state index contributed by atoms with van der Waals surface area (Å²) in [6.45, 7) is 0.924. The summed E-state index contributed by atoms with van der Waals surface area (Å²) in [5, 5.41) is 7.49. The SMILES string of the molecule is O=C(NCC[C@@H]1CCCCN1S(=O)(=O)c1cccs1)C(=O)NCc1ccc(Cl)cc1. The molecule has 2 heterocycles. The van der Waals surface area contributed by atoms with Crippen molar-refractivity contribution in [3.8, 4) is 0 Å². The molecule has 1 atom stereocenters. The van der Waals surface area contributed by atoms with Crippen LogP contribution in [0.4, 0.5) is 0 Å². The monoisotopic (exact) mass is 469 g/mol. The Labute approximate surface area is 185 Å². The van der Waals surface area contributed by atoms with Crippen molar-refractivity contribution in [3.63, 3.8) is 0 Å². The van der Waals surface area contributed by atoms with Gasteiger partial charge in [-0.2, -0.15) is 4.31 Å². The molecule has 0 spiro atoms. The van der Waals surface area contributed by atoms with E-state index in [4.69, 9.17) is 11.6 Å². The predicted molar refractivity (Wildman–Crippen MR) is 117 cm³/mol. The number of carbonyl (C=O) groups is 2. The van der Waals surface area contributed by atoms with E-state index in [0.717, 1.165) is 24.8 Å². The Morgan fingerprint density at radius 2 is 1.83 bits per heavy atom. The van der Waals surface area contributed by atoms with E-state index in [2.05, 4.69) is 10.6 Å². The van der Waals surface area contributed by atoms with Gasteiger partial charge in [0.1, 0.15) is 4.21 Å². The lowest BCUT2D eigenvalue weighted by Crippen LogP contribution is -2.46. The fourth-order valence-corrected chi connectivity index (χ4v) is 6.37. The van der Waals surface area contributed by atoms with Gasteiger partial charge < -0.3 is 10.6 Å². The summed E-state index contributed by atoms with van der Waals surface area (Å²) in [6, 6.07) is 10.1. The second-order valence-electron chi connectivity index (χ2n) is 7.05. The Hall–Kier alpha value is -1.94. The number of piperidine rings is 1. The molecule has 1 fully saturated rings. The summed E-state index contributed by atoms with van der Waals surface area (Å²) < 4.78 is 27.6. The van der Waals surface area contributed by atoms with Gasteiger partial charge >= 0.3 is 11.8 Å². The zero-order valence-electron chi connectivity index (χ0n) is 16.3. The smallest absolute Gasteiger partial charge is 0.309 e. The first-order valence-corrected chi connectivity index (χ1v) is 12.4. The van der Waals surface area contributed by atoms with Crippen molar-refractivity contribution >= 4 is 44.8 Å². The Bertz CT molecular complexity index is 962. The number of nitrogens with one attached hydrogen (secondary N) is 2. The van der Waals surface area contributed by atoms with Crippen molar-refractivity contribution < 1.29 is 18.0 Å². The second-order valence-corrected chi connectivity index (χ2v) is 10.6. The minimum atomic E-state index is -3.53. The number of hydrogen-bond acceptors (Lipinski definition) is 5. The molecule has 162 valence electrons. The van der Waals surface area contributed by atoms with Crippen LogP contribution >= 0.6 is 22.9 Å². The molecular formula is C20H24ClN3O4S2. The van der Waals surface area contributed by atoms with E-state index in [0.29, 0.717) is 22.2 Å². The first-order chi connectivity index (χ1) is 14.4. The first-order valence-electron chi connectivity index (χ1n) is 9.74. The summed E-state index contributed by atoms with van der Waals surface area (Å²) >= 11 is 7.02. The van der Waals surface area contributed by atoms with Crippen molar-refractivity contribution in [2.24, 2.45) is 0 Å². The fraction of sp³-hybridized carbons (Fsp3) is 0.400. The average molecular weight is 470 g/mol. The van der Waals surface area contributed by atoms with E-state index in [1.54, 1.807) is 41.8 Å². The Kier molecular flexibility index (Phi) is 7.87. The molecule has 1 aliphatic rings. The van der Waals surface area contributed by atoms with Crippen molar-refractivity contribution in [3.05, 3.63) is 52.4 Å². The molecule has 1 saturated heterocycles. The van der Waals surface area contributed by atoms with Crippen molar-refractivity contribution in [1.29, 1.82) is 0 Å². The van der Waals surface area contributed by atoms with Crippen LogP contribution in [-0.4, -0.2) is 43.7 Å². The maximum absolute atomic E-state index is 12.9. The van der Waals surface area contributed by atoms with E-state index < -0.39 is 21.8 Å². The van der Waals surface area contributed by atoms with Crippen LogP contribution in [-0.2, 0) is 26.2 Å². The Balaban J connectivity index is 1.48. The van der Waals surface area contributed by atoms with Crippen LogP contribution in [0.5, 0.6) is 0 Å². The number of sulfonamides is 1. The van der Waals surface area contributed by atoms with Crippen LogP contribution < -0.4 is 10.6 Å². The number of rotatable bonds is 7. The third kappa shape index (κ3) is 5.81. The molecule has 0 unspecified atom stereocenters. The predicted octanol–water partition coefficient (Wildman–Crippen LogP) is 2.77. The number of hydrogen-bond donors (Lipinski definition) is 2. The highest BCUT2D eigenvalue weighted by molar-refractivity contribution is 7.91. The van der Waals surface area contributed by atoms with Gasteiger partial charge in [0.25, 0.3) is 10.0 Å². The largest absolute Gasteiger partial charge is 0.348 e. The van der Waals surface area contributed by atoms with E-state index in [1.807, 2.05) is 0 Å². The lowest BCUT2D eigenvalue weighted by molar-refractivity contribution is -0.139. The van der Waals surface area contributed by atoms with Crippen LogP contribution in [0.1, 0.15) is 31.2 Å². The maximum Gasteiger partial charge on any atom is 0.309 e. The highest BCUT2D eigenvalue weighted by Gasteiger charge is 2.33. The molecule has 1 aliphatic heterocycles. The van der Waals surface area contributed by atoms with Crippen LogP contribution in [0.3, 0.4) is 0 Å². The van der Waals surface area contributed by atoms with Gasteiger partial charge in [0, 0.05) is 30.7 Å². The normalized spacial score (nSPS) is 17.4. The summed E-state index contributed by atoms with van der Waals surface area (Å²) in [5.41, 5.74) is 0.831. The van der Waals surface area contributed by atoms with Gasteiger partial charge in [-0.25, -0.2) is 8.42 Å². The number of halogens is 1. The molecule has 30 heavy (non-hydrogen) atoms. The molecule has 2 aromatic rings. The number of carbonyl (C=O) groups excluding carboxylic acids is 2. The van der Waals surface area contributed by atoms with Crippen molar-refractivity contribution in [2.45, 2.75) is 42.5 Å². The number of amides is 2. The number of nitrogens with zero attached hydrogens (tertiary/aromatic N) is 1. The lowest BCUT2D eigenvalue weighted by atomic mass is 10.0. The highest BCUT2D eigenvalue weighted by atomic mass is 35.5. The maximum atomic E-state index is 12.9. The molecule has 2 amide bonds. The quantitative estimate of drug-likeness (QED) is 0.609. The third-order valence-corrected chi connectivity index (χ3v) is 8.54. The first kappa shape index (κ1) is 22.7.